The summed E-state index contributed by atoms with van der Waals surface area (Å²) in [5.74, 6) is -1.82. The molecule has 196 valence electrons. The molecule has 1 aromatic heterocycles. The van der Waals surface area contributed by atoms with Gasteiger partial charge in [0.2, 0.25) is 0 Å². The lowest BCUT2D eigenvalue weighted by Crippen LogP contribution is -2.09. The van der Waals surface area contributed by atoms with Crippen molar-refractivity contribution in [2.24, 2.45) is 0 Å². The third-order valence-corrected chi connectivity index (χ3v) is 5.51. The van der Waals surface area contributed by atoms with E-state index in [1.165, 1.54) is 54.5 Å². The molecule has 38 heavy (non-hydrogen) atoms. The van der Waals surface area contributed by atoms with Gasteiger partial charge in [-0.3, -0.25) is 4.68 Å². The third-order valence-electron chi connectivity index (χ3n) is 5.51. The molecule has 3 heterocycles. The van der Waals surface area contributed by atoms with Crippen LogP contribution in [0.3, 0.4) is 0 Å². The maximum atomic E-state index is 14.1. The summed E-state index contributed by atoms with van der Waals surface area (Å²) in [6, 6.07) is 8.64. The summed E-state index contributed by atoms with van der Waals surface area (Å²) in [5.41, 5.74) is -0.521. The second-order valence-corrected chi connectivity index (χ2v) is 8.12. The van der Waals surface area contributed by atoms with Crippen molar-refractivity contribution in [3.63, 3.8) is 0 Å². The standard InChI is InChI=1S/C25H18F5N5O3/c1-36-7-8-37-14-5-6-16(18(9-14)25(28,29)30)20-10-15(38-34-20)12-35-13-22-21(11-31-35)32-24(33-22)17-3-2-4-19(26)23(17)27/h2-6,9-11,13H,7-8,12H2,1H3. The minimum Gasteiger partial charge on any atom is -0.491 e. The highest BCUT2D eigenvalue weighted by Gasteiger charge is 2.35. The molecule has 0 fully saturated rings. The molecule has 0 radical (unpaired) electrons. The summed E-state index contributed by atoms with van der Waals surface area (Å²) in [4.78, 5) is 8.43. The van der Waals surface area contributed by atoms with Crippen LogP contribution in [0.15, 0.2) is 59.4 Å². The van der Waals surface area contributed by atoms with Gasteiger partial charge < -0.3 is 14.0 Å². The van der Waals surface area contributed by atoms with Gasteiger partial charge in [-0.2, -0.15) is 18.3 Å². The van der Waals surface area contributed by atoms with E-state index < -0.39 is 23.4 Å². The summed E-state index contributed by atoms with van der Waals surface area (Å²) in [6.45, 7) is 0.341. The monoisotopic (exact) mass is 531 g/mol. The Kier molecular flexibility index (Phi) is 6.76. The smallest absolute Gasteiger partial charge is 0.417 e. The molecule has 0 amide bonds. The van der Waals surface area contributed by atoms with Crippen LogP contribution >= 0.6 is 0 Å². The van der Waals surface area contributed by atoms with Crippen LogP contribution in [0.2, 0.25) is 0 Å². The van der Waals surface area contributed by atoms with Gasteiger partial charge in [-0.15, -0.1) is 0 Å². The van der Waals surface area contributed by atoms with Crippen LogP contribution in [0.4, 0.5) is 22.0 Å². The molecule has 2 aromatic carbocycles. The van der Waals surface area contributed by atoms with Crippen LogP contribution in [0.5, 0.6) is 5.75 Å². The Balaban J connectivity index is 1.39. The second-order valence-electron chi connectivity index (χ2n) is 8.12. The zero-order chi connectivity index (χ0) is 26.9. The fourth-order valence-electron chi connectivity index (χ4n) is 3.73. The summed E-state index contributed by atoms with van der Waals surface area (Å²) >= 11 is 0. The first-order valence-corrected chi connectivity index (χ1v) is 11.2. The number of nitrogens with zero attached hydrogens (tertiary/aromatic N) is 5. The average molecular weight is 531 g/mol. The van der Waals surface area contributed by atoms with E-state index in [4.69, 9.17) is 14.0 Å². The zero-order valence-corrected chi connectivity index (χ0v) is 19.7. The van der Waals surface area contributed by atoms with Crippen LogP contribution in [0, 0.1) is 11.6 Å². The van der Waals surface area contributed by atoms with Gasteiger partial charge in [0, 0.05) is 18.7 Å². The number of rotatable bonds is 8. The first-order chi connectivity index (χ1) is 18.2. The Morgan fingerprint density at radius 2 is 1.76 bits per heavy atom. The van der Waals surface area contributed by atoms with E-state index in [0.717, 1.165) is 12.1 Å². The Morgan fingerprint density at radius 1 is 0.947 bits per heavy atom. The van der Waals surface area contributed by atoms with Gasteiger partial charge in [0.15, 0.2) is 23.2 Å². The van der Waals surface area contributed by atoms with E-state index in [1.807, 2.05) is 0 Å². The SMILES string of the molecule is COCCOc1ccc(-c2cc(Cn3cc4nc(-c5cccc(F)c5F)nc-4cn3)on2)c(C(F)(F)F)c1. The summed E-state index contributed by atoms with van der Waals surface area (Å²) < 4.78 is 85.8. The predicted octanol–water partition coefficient (Wildman–Crippen LogP) is 5.47. The number of halogens is 5. The average Bonchev–Trinajstić information content (AvgIpc) is 3.52. The minimum absolute atomic E-state index is 0.00664. The van der Waals surface area contributed by atoms with Gasteiger partial charge in [0.25, 0.3) is 0 Å². The number of aromatic nitrogens is 5. The lowest BCUT2D eigenvalue weighted by Gasteiger charge is -2.13. The molecule has 0 saturated carbocycles. The molecule has 0 N–H and O–H groups in total. The molecule has 8 nitrogen and oxygen atoms in total. The number of benzene rings is 2. The maximum absolute atomic E-state index is 14.1. The van der Waals surface area contributed by atoms with Crippen molar-refractivity contribution in [3.8, 4) is 39.8 Å². The minimum atomic E-state index is -4.66. The number of alkyl halides is 3. The molecule has 0 unspecified atom stereocenters. The van der Waals surface area contributed by atoms with Crippen LogP contribution < -0.4 is 4.74 Å². The van der Waals surface area contributed by atoms with Crippen molar-refractivity contribution < 1.29 is 35.9 Å². The number of hydrogen-bond donors (Lipinski definition) is 0. The second kappa shape index (κ2) is 10.2. The van der Waals surface area contributed by atoms with Crippen molar-refractivity contribution in [2.75, 3.05) is 20.3 Å². The van der Waals surface area contributed by atoms with Crippen LogP contribution in [-0.2, 0) is 17.5 Å². The van der Waals surface area contributed by atoms with Crippen LogP contribution in [0.25, 0.3) is 34.0 Å². The molecule has 0 spiro atoms. The molecule has 2 aliphatic rings. The van der Waals surface area contributed by atoms with Gasteiger partial charge in [0.1, 0.15) is 36.0 Å². The highest BCUT2D eigenvalue weighted by atomic mass is 19.4. The molecule has 0 atom stereocenters. The van der Waals surface area contributed by atoms with Crippen molar-refractivity contribution in [1.82, 2.24) is 24.9 Å². The Bertz CT molecular complexity index is 1550. The van der Waals surface area contributed by atoms with E-state index in [9.17, 15) is 22.0 Å². The molecule has 0 bridgehead atoms. The van der Waals surface area contributed by atoms with Crippen LogP contribution in [0.1, 0.15) is 11.3 Å². The quantitative estimate of drug-likeness (QED) is 0.194. The van der Waals surface area contributed by atoms with E-state index in [0.29, 0.717) is 11.4 Å². The molecule has 0 saturated heterocycles. The van der Waals surface area contributed by atoms with Gasteiger partial charge in [-0.05, 0) is 30.3 Å². The largest absolute Gasteiger partial charge is 0.491 e. The Hall–Kier alpha value is -4.39. The lowest BCUT2D eigenvalue weighted by atomic mass is 10.0. The van der Waals surface area contributed by atoms with Crippen LogP contribution in [-0.4, -0.2) is 45.2 Å². The van der Waals surface area contributed by atoms with Crippen molar-refractivity contribution in [1.29, 1.82) is 0 Å². The van der Waals surface area contributed by atoms with Crippen molar-refractivity contribution in [3.05, 3.63) is 77.8 Å². The molecule has 2 aliphatic heterocycles. The fourth-order valence-corrected chi connectivity index (χ4v) is 3.73. The Labute approximate surface area is 212 Å². The summed E-state index contributed by atoms with van der Waals surface area (Å²) in [5, 5.41) is 7.99. The molecule has 3 aromatic rings. The maximum Gasteiger partial charge on any atom is 0.417 e. The predicted molar refractivity (Wildman–Crippen MR) is 123 cm³/mol. The molecular weight excluding hydrogens is 513 g/mol. The first-order valence-electron chi connectivity index (χ1n) is 11.2. The van der Waals surface area contributed by atoms with Crippen molar-refractivity contribution in [2.45, 2.75) is 12.7 Å². The molecule has 13 heteroatoms. The Morgan fingerprint density at radius 3 is 2.55 bits per heavy atom. The highest BCUT2D eigenvalue weighted by molar-refractivity contribution is 5.66. The normalized spacial score (nSPS) is 11.8. The summed E-state index contributed by atoms with van der Waals surface area (Å²) in [7, 11) is 1.46. The van der Waals surface area contributed by atoms with Gasteiger partial charge in [-0.25, -0.2) is 18.7 Å². The van der Waals surface area contributed by atoms with Gasteiger partial charge in [0.05, 0.1) is 30.1 Å². The van der Waals surface area contributed by atoms with E-state index in [1.54, 1.807) is 0 Å². The third kappa shape index (κ3) is 5.18. The van der Waals surface area contributed by atoms with E-state index in [-0.39, 0.29) is 53.9 Å². The van der Waals surface area contributed by atoms with Gasteiger partial charge in [-0.1, -0.05) is 11.2 Å². The number of imidazole rings is 1. The van der Waals surface area contributed by atoms with E-state index >= 15 is 0 Å². The number of methoxy groups -OCH3 is 1. The molecule has 5 rings (SSSR count). The number of hydrogen-bond acceptors (Lipinski definition) is 7. The number of ether oxygens (including phenoxy) is 2. The first kappa shape index (κ1) is 25.3. The zero-order valence-electron chi connectivity index (χ0n) is 19.7. The fraction of sp³-hybridized carbons (Fsp3) is 0.200. The van der Waals surface area contributed by atoms with Crippen molar-refractivity contribution >= 4 is 0 Å². The topological polar surface area (TPSA) is 88.1 Å². The highest BCUT2D eigenvalue weighted by Crippen LogP contribution is 2.39. The lowest BCUT2D eigenvalue weighted by molar-refractivity contribution is -0.137. The summed E-state index contributed by atoms with van der Waals surface area (Å²) in [6.07, 6.45) is -1.78. The van der Waals surface area contributed by atoms with Gasteiger partial charge >= 0.3 is 6.18 Å². The number of fused-ring (bicyclic) bond motifs is 1. The molecule has 0 aliphatic carbocycles. The van der Waals surface area contributed by atoms with E-state index in [2.05, 4.69) is 20.2 Å². The molecular formula is C25H18F5N5O3.